The van der Waals surface area contributed by atoms with Gasteiger partial charge in [-0.1, -0.05) is 43.3 Å². The molecule has 0 saturated carbocycles. The molecule has 0 atom stereocenters. The van der Waals surface area contributed by atoms with Crippen LogP contribution >= 0.6 is 23.1 Å². The fourth-order valence-electron chi connectivity index (χ4n) is 2.52. The second kappa shape index (κ2) is 10.7. The van der Waals surface area contributed by atoms with Crippen LogP contribution in [0.3, 0.4) is 0 Å². The Morgan fingerprint density at radius 2 is 1.86 bits per heavy atom. The number of carbonyl (C=O) groups excluding carboxylic acids is 2. The second-order valence-electron chi connectivity index (χ2n) is 6.33. The fraction of sp³-hybridized carbons (Fsp3) is 0.238. The van der Waals surface area contributed by atoms with Crippen molar-refractivity contribution in [2.24, 2.45) is 0 Å². The van der Waals surface area contributed by atoms with Crippen molar-refractivity contribution in [3.8, 4) is 0 Å². The van der Waals surface area contributed by atoms with Crippen LogP contribution in [0.25, 0.3) is 0 Å². The molecule has 0 unspecified atom stereocenters. The normalized spacial score (nSPS) is 10.5. The summed E-state index contributed by atoms with van der Waals surface area (Å²) in [5.41, 5.74) is 2.06. The molecule has 6 nitrogen and oxygen atoms in total. The predicted molar refractivity (Wildman–Crippen MR) is 119 cm³/mol. The van der Waals surface area contributed by atoms with Gasteiger partial charge in [0.25, 0.3) is 5.91 Å². The van der Waals surface area contributed by atoms with Crippen LogP contribution in [0.15, 0.2) is 58.9 Å². The highest BCUT2D eigenvalue weighted by Crippen LogP contribution is 2.18. The van der Waals surface area contributed by atoms with E-state index >= 15 is 0 Å². The third kappa shape index (κ3) is 6.69. The largest absolute Gasteiger partial charge is 0.325 e. The van der Waals surface area contributed by atoms with Gasteiger partial charge in [0, 0.05) is 5.69 Å². The molecule has 0 aliphatic rings. The van der Waals surface area contributed by atoms with Crippen molar-refractivity contribution in [1.29, 1.82) is 0 Å². The molecule has 0 aliphatic carbocycles. The highest BCUT2D eigenvalue weighted by atomic mass is 32.2. The van der Waals surface area contributed by atoms with Crippen molar-refractivity contribution in [3.63, 3.8) is 0 Å². The van der Waals surface area contributed by atoms with Gasteiger partial charge in [-0.25, -0.2) is 0 Å². The monoisotopic (exact) mass is 426 g/mol. The van der Waals surface area contributed by atoms with Crippen molar-refractivity contribution in [2.45, 2.75) is 31.2 Å². The van der Waals surface area contributed by atoms with Crippen LogP contribution in [0.4, 0.5) is 11.5 Å². The van der Waals surface area contributed by atoms with Gasteiger partial charge in [-0.05, 0) is 54.1 Å². The number of carbonyl (C=O) groups is 2. The van der Waals surface area contributed by atoms with Gasteiger partial charge in [-0.15, -0.1) is 21.5 Å². The number of benzene rings is 1. The third-order valence-electron chi connectivity index (χ3n) is 4.03. The third-order valence-corrected chi connectivity index (χ3v) is 5.82. The van der Waals surface area contributed by atoms with Gasteiger partial charge in [0.15, 0.2) is 5.82 Å². The smallest absolute Gasteiger partial charge is 0.266 e. The van der Waals surface area contributed by atoms with Crippen LogP contribution in [0.5, 0.6) is 0 Å². The van der Waals surface area contributed by atoms with Crippen molar-refractivity contribution >= 4 is 46.4 Å². The maximum Gasteiger partial charge on any atom is 0.266 e. The molecule has 0 bridgehead atoms. The number of amides is 2. The summed E-state index contributed by atoms with van der Waals surface area (Å²) >= 11 is 2.65. The molecule has 150 valence electrons. The summed E-state index contributed by atoms with van der Waals surface area (Å²) in [5.74, 6) is 0.288. The molecule has 8 heteroatoms. The number of thiophene rings is 1. The Kier molecular flexibility index (Phi) is 7.77. The van der Waals surface area contributed by atoms with Crippen LogP contribution in [-0.2, 0) is 11.2 Å². The molecular weight excluding hydrogens is 404 g/mol. The first-order chi connectivity index (χ1) is 14.1. The molecule has 0 aliphatic heterocycles. The van der Waals surface area contributed by atoms with Crippen LogP contribution in [-0.4, -0.2) is 27.8 Å². The standard InChI is InChI=1S/C21H22N4O2S2/c1-2-3-5-15-7-9-16(10-8-15)22-19(26)14-29-20-12-11-18(24-25-20)23-21(27)17-6-4-13-28-17/h4,6-13H,2-3,5,14H2,1H3,(H,22,26)(H,23,24,27). The molecule has 3 aromatic rings. The van der Waals surface area contributed by atoms with Gasteiger partial charge in [-0.3, -0.25) is 9.59 Å². The molecular formula is C21H22N4O2S2. The minimum atomic E-state index is -0.213. The van der Waals surface area contributed by atoms with Gasteiger partial charge in [0.05, 0.1) is 10.6 Å². The van der Waals surface area contributed by atoms with Gasteiger partial charge >= 0.3 is 0 Å². The number of thioether (sulfide) groups is 1. The van der Waals surface area contributed by atoms with Gasteiger partial charge in [0.1, 0.15) is 5.03 Å². The maximum absolute atomic E-state index is 12.2. The van der Waals surface area contributed by atoms with E-state index in [2.05, 4.69) is 27.8 Å². The van der Waals surface area contributed by atoms with E-state index in [0.717, 1.165) is 12.1 Å². The van der Waals surface area contributed by atoms with E-state index < -0.39 is 0 Å². The number of nitrogens with zero attached hydrogens (tertiary/aromatic N) is 2. The Balaban J connectivity index is 1.44. The Hall–Kier alpha value is -2.71. The first-order valence-corrected chi connectivity index (χ1v) is 11.2. The summed E-state index contributed by atoms with van der Waals surface area (Å²) in [6.45, 7) is 2.17. The van der Waals surface area contributed by atoms with E-state index in [0.29, 0.717) is 15.7 Å². The molecule has 2 heterocycles. The summed E-state index contributed by atoms with van der Waals surface area (Å²) in [5, 5.41) is 16.1. The molecule has 0 fully saturated rings. The van der Waals surface area contributed by atoms with Crippen LogP contribution < -0.4 is 10.6 Å². The van der Waals surface area contributed by atoms with E-state index in [1.54, 1.807) is 18.2 Å². The zero-order valence-electron chi connectivity index (χ0n) is 16.1. The lowest BCUT2D eigenvalue weighted by atomic mass is 10.1. The number of hydrogen-bond donors (Lipinski definition) is 2. The molecule has 2 N–H and O–H groups in total. The average molecular weight is 427 g/mol. The fourth-order valence-corrected chi connectivity index (χ4v) is 3.75. The number of nitrogens with one attached hydrogen (secondary N) is 2. The molecule has 1 aromatic carbocycles. The number of anilines is 2. The molecule has 2 amide bonds. The van der Waals surface area contributed by atoms with E-state index in [-0.39, 0.29) is 17.6 Å². The SMILES string of the molecule is CCCCc1ccc(NC(=O)CSc2ccc(NC(=O)c3cccs3)nn2)cc1. The first kappa shape index (κ1) is 21.0. The van der Waals surface area contributed by atoms with E-state index in [9.17, 15) is 9.59 Å². The lowest BCUT2D eigenvalue weighted by Gasteiger charge is -2.07. The van der Waals surface area contributed by atoms with Crippen LogP contribution in [0.2, 0.25) is 0 Å². The van der Waals surface area contributed by atoms with Gasteiger partial charge in [-0.2, -0.15) is 0 Å². The van der Waals surface area contributed by atoms with Crippen LogP contribution in [0.1, 0.15) is 35.0 Å². The van der Waals surface area contributed by atoms with Gasteiger partial charge < -0.3 is 10.6 Å². The lowest BCUT2D eigenvalue weighted by molar-refractivity contribution is -0.113. The zero-order chi connectivity index (χ0) is 20.5. The average Bonchev–Trinajstić information content (AvgIpc) is 3.28. The summed E-state index contributed by atoms with van der Waals surface area (Å²) in [4.78, 5) is 24.8. The summed E-state index contributed by atoms with van der Waals surface area (Å²) in [7, 11) is 0. The van der Waals surface area contributed by atoms with Crippen molar-refractivity contribution in [1.82, 2.24) is 10.2 Å². The predicted octanol–water partition coefficient (Wildman–Crippen LogP) is 4.86. The Labute approximate surface area is 178 Å². The van der Waals surface area contributed by atoms with Crippen molar-refractivity contribution in [3.05, 3.63) is 64.4 Å². The quantitative estimate of drug-likeness (QED) is 0.477. The molecule has 0 radical (unpaired) electrons. The number of unbranched alkanes of at least 4 members (excludes halogenated alkanes) is 1. The molecule has 29 heavy (non-hydrogen) atoms. The lowest BCUT2D eigenvalue weighted by Crippen LogP contribution is -2.14. The van der Waals surface area contributed by atoms with E-state index in [4.69, 9.17) is 0 Å². The summed E-state index contributed by atoms with van der Waals surface area (Å²) in [6, 6.07) is 14.9. The number of aryl methyl sites for hydroxylation is 1. The molecule has 3 rings (SSSR count). The molecule has 0 spiro atoms. The number of aromatic nitrogens is 2. The van der Waals surface area contributed by atoms with E-state index in [1.165, 1.54) is 41.5 Å². The van der Waals surface area contributed by atoms with Gasteiger partial charge in [0.2, 0.25) is 5.91 Å². The summed E-state index contributed by atoms with van der Waals surface area (Å²) in [6.07, 6.45) is 3.39. The minimum Gasteiger partial charge on any atom is -0.325 e. The summed E-state index contributed by atoms with van der Waals surface area (Å²) < 4.78 is 0. The highest BCUT2D eigenvalue weighted by molar-refractivity contribution is 7.99. The molecule has 0 saturated heterocycles. The van der Waals surface area contributed by atoms with E-state index in [1.807, 2.05) is 35.7 Å². The Morgan fingerprint density at radius 1 is 1.03 bits per heavy atom. The Morgan fingerprint density at radius 3 is 2.52 bits per heavy atom. The Bertz CT molecular complexity index is 926. The zero-order valence-corrected chi connectivity index (χ0v) is 17.7. The number of rotatable bonds is 9. The topological polar surface area (TPSA) is 84.0 Å². The van der Waals surface area contributed by atoms with Crippen molar-refractivity contribution < 1.29 is 9.59 Å². The maximum atomic E-state index is 12.2. The second-order valence-corrected chi connectivity index (χ2v) is 8.27. The van der Waals surface area contributed by atoms with Crippen LogP contribution in [0, 0.1) is 0 Å². The first-order valence-electron chi connectivity index (χ1n) is 9.34. The highest BCUT2D eigenvalue weighted by Gasteiger charge is 2.09. The molecule has 2 aromatic heterocycles. The minimum absolute atomic E-state index is 0.104. The van der Waals surface area contributed by atoms with Crippen molar-refractivity contribution in [2.75, 3.05) is 16.4 Å². The number of hydrogen-bond acceptors (Lipinski definition) is 6.